The number of nitro groups is 1. The molecule has 1 aromatic rings. The van der Waals surface area contributed by atoms with E-state index < -0.39 is 22.2 Å². The summed E-state index contributed by atoms with van der Waals surface area (Å²) in [5, 5.41) is 12.4. The number of benzene rings is 1. The molecule has 13 heavy (non-hydrogen) atoms. The minimum absolute atomic E-state index is 0.370. The van der Waals surface area contributed by atoms with Crippen LogP contribution in [0.15, 0.2) is 12.1 Å². The van der Waals surface area contributed by atoms with E-state index >= 15 is 0 Å². The summed E-state index contributed by atoms with van der Waals surface area (Å²) in [6.45, 7) is 0. The minimum atomic E-state index is -0.978. The van der Waals surface area contributed by atoms with Crippen LogP contribution in [0.1, 0.15) is 0 Å². The number of anilines is 1. The Hall–Kier alpha value is -1.72. The Morgan fingerprint density at radius 2 is 1.85 bits per heavy atom. The van der Waals surface area contributed by atoms with E-state index in [1.54, 1.807) is 0 Å². The van der Waals surface area contributed by atoms with Crippen LogP contribution >= 0.6 is 0 Å². The second-order valence-corrected chi connectivity index (χ2v) is 2.29. The molecule has 0 aliphatic heterocycles. The largest absolute Gasteiger partial charge is 0.383 e. The van der Waals surface area contributed by atoms with Crippen molar-refractivity contribution in [2.75, 3.05) is 12.4 Å². The van der Waals surface area contributed by atoms with Crippen LogP contribution in [-0.2, 0) is 0 Å². The lowest BCUT2D eigenvalue weighted by Gasteiger charge is -2.02. The van der Waals surface area contributed by atoms with Crippen molar-refractivity contribution in [3.8, 4) is 0 Å². The molecule has 0 radical (unpaired) electrons. The molecule has 0 unspecified atom stereocenters. The van der Waals surface area contributed by atoms with E-state index in [-0.39, 0.29) is 5.69 Å². The standard InChI is InChI=1S/C7H6F2N2O2/c1-10-7-5(8)2-4(11(12)13)3-6(7)9/h2-3,10H,1H3. The number of nitrogens with zero attached hydrogens (tertiary/aromatic N) is 1. The van der Waals surface area contributed by atoms with E-state index in [2.05, 4.69) is 5.32 Å². The zero-order chi connectivity index (χ0) is 10.0. The molecule has 1 N–H and O–H groups in total. The number of rotatable bonds is 2. The summed E-state index contributed by atoms with van der Waals surface area (Å²) in [7, 11) is 1.33. The van der Waals surface area contributed by atoms with Crippen molar-refractivity contribution in [3.63, 3.8) is 0 Å². The van der Waals surface area contributed by atoms with E-state index in [9.17, 15) is 18.9 Å². The van der Waals surface area contributed by atoms with Crippen molar-refractivity contribution < 1.29 is 13.7 Å². The molecule has 0 bridgehead atoms. The van der Waals surface area contributed by atoms with Crippen molar-refractivity contribution in [2.45, 2.75) is 0 Å². The predicted octanol–water partition coefficient (Wildman–Crippen LogP) is 1.91. The molecule has 4 nitrogen and oxygen atoms in total. The third-order valence-corrected chi connectivity index (χ3v) is 1.49. The molecule has 0 aliphatic carbocycles. The zero-order valence-corrected chi connectivity index (χ0v) is 6.67. The first-order valence-corrected chi connectivity index (χ1v) is 3.37. The summed E-state index contributed by atoms with van der Waals surface area (Å²) >= 11 is 0. The average Bonchev–Trinajstić information content (AvgIpc) is 2.03. The van der Waals surface area contributed by atoms with E-state index in [1.807, 2.05) is 0 Å². The van der Waals surface area contributed by atoms with Gasteiger partial charge in [0.25, 0.3) is 5.69 Å². The summed E-state index contributed by atoms with van der Waals surface area (Å²) in [5.74, 6) is -1.96. The van der Waals surface area contributed by atoms with Gasteiger partial charge in [-0.05, 0) is 0 Å². The van der Waals surface area contributed by atoms with Gasteiger partial charge in [0, 0.05) is 7.05 Å². The third-order valence-electron chi connectivity index (χ3n) is 1.49. The molecule has 0 aliphatic rings. The van der Waals surface area contributed by atoms with Gasteiger partial charge in [0.15, 0.2) is 11.6 Å². The fraction of sp³-hybridized carbons (Fsp3) is 0.143. The Morgan fingerprint density at radius 1 is 1.38 bits per heavy atom. The highest BCUT2D eigenvalue weighted by Gasteiger charge is 2.15. The normalized spacial score (nSPS) is 9.77. The molecule has 1 aromatic carbocycles. The summed E-state index contributed by atoms with van der Waals surface area (Å²) in [6.07, 6.45) is 0. The molecule has 6 heteroatoms. The quantitative estimate of drug-likeness (QED) is 0.569. The van der Waals surface area contributed by atoms with Crippen molar-refractivity contribution in [1.82, 2.24) is 0 Å². The van der Waals surface area contributed by atoms with Crippen LogP contribution in [0, 0.1) is 21.7 Å². The first-order valence-electron chi connectivity index (χ1n) is 3.37. The number of hydrogen-bond donors (Lipinski definition) is 1. The molecule has 0 fully saturated rings. The highest BCUT2D eigenvalue weighted by atomic mass is 19.1. The highest BCUT2D eigenvalue weighted by molar-refractivity contribution is 5.51. The molecule has 0 saturated heterocycles. The van der Waals surface area contributed by atoms with Gasteiger partial charge in [-0.25, -0.2) is 8.78 Å². The molecule has 0 heterocycles. The lowest BCUT2D eigenvalue weighted by Crippen LogP contribution is -1.99. The van der Waals surface area contributed by atoms with Crippen molar-refractivity contribution in [1.29, 1.82) is 0 Å². The average molecular weight is 188 g/mol. The van der Waals surface area contributed by atoms with Gasteiger partial charge in [-0.1, -0.05) is 0 Å². The van der Waals surface area contributed by atoms with Crippen LogP contribution in [0.3, 0.4) is 0 Å². The monoisotopic (exact) mass is 188 g/mol. The molecular weight excluding hydrogens is 182 g/mol. The molecule has 1 rings (SSSR count). The first kappa shape index (κ1) is 9.37. The van der Waals surface area contributed by atoms with Crippen LogP contribution in [-0.4, -0.2) is 12.0 Å². The molecule has 70 valence electrons. The van der Waals surface area contributed by atoms with Crippen LogP contribution in [0.25, 0.3) is 0 Å². The second kappa shape index (κ2) is 3.34. The number of nitrogens with one attached hydrogen (secondary N) is 1. The first-order chi connectivity index (χ1) is 6.06. The SMILES string of the molecule is CNc1c(F)cc([N+](=O)[O-])cc1F. The summed E-state index contributed by atoms with van der Waals surface area (Å²) in [6, 6.07) is 1.32. The molecule has 0 aromatic heterocycles. The number of hydrogen-bond acceptors (Lipinski definition) is 3. The summed E-state index contributed by atoms with van der Waals surface area (Å²) < 4.78 is 25.7. The lowest BCUT2D eigenvalue weighted by molar-refractivity contribution is -0.385. The maximum Gasteiger partial charge on any atom is 0.275 e. The Labute approximate surface area is 72.3 Å². The van der Waals surface area contributed by atoms with Gasteiger partial charge in [-0.3, -0.25) is 10.1 Å². The van der Waals surface area contributed by atoms with Crippen LogP contribution in [0.5, 0.6) is 0 Å². The number of non-ortho nitro benzene ring substituents is 1. The van der Waals surface area contributed by atoms with Gasteiger partial charge in [-0.2, -0.15) is 0 Å². The Balaban J connectivity index is 3.28. The smallest absolute Gasteiger partial charge is 0.275 e. The zero-order valence-electron chi connectivity index (χ0n) is 6.67. The van der Waals surface area contributed by atoms with E-state index in [1.165, 1.54) is 7.05 Å². The van der Waals surface area contributed by atoms with E-state index in [4.69, 9.17) is 0 Å². The molecule has 0 amide bonds. The van der Waals surface area contributed by atoms with Crippen molar-refractivity contribution in [3.05, 3.63) is 33.9 Å². The third kappa shape index (κ3) is 1.71. The maximum atomic E-state index is 12.9. The van der Waals surface area contributed by atoms with Gasteiger partial charge in [-0.15, -0.1) is 0 Å². The van der Waals surface area contributed by atoms with Crippen LogP contribution < -0.4 is 5.32 Å². The van der Waals surface area contributed by atoms with Crippen molar-refractivity contribution >= 4 is 11.4 Å². The highest BCUT2D eigenvalue weighted by Crippen LogP contribution is 2.23. The Bertz CT molecular complexity index is 331. The molecule has 0 atom stereocenters. The van der Waals surface area contributed by atoms with E-state index in [0.717, 1.165) is 0 Å². The topological polar surface area (TPSA) is 55.2 Å². The van der Waals surface area contributed by atoms with Crippen LogP contribution in [0.4, 0.5) is 20.2 Å². The van der Waals surface area contributed by atoms with Gasteiger partial charge in [0.05, 0.1) is 17.1 Å². The Morgan fingerprint density at radius 3 is 2.15 bits per heavy atom. The van der Waals surface area contributed by atoms with E-state index in [0.29, 0.717) is 12.1 Å². The minimum Gasteiger partial charge on any atom is -0.383 e. The molecular formula is C7H6F2N2O2. The second-order valence-electron chi connectivity index (χ2n) is 2.29. The summed E-state index contributed by atoms with van der Waals surface area (Å²) in [5.41, 5.74) is -0.973. The predicted molar refractivity (Wildman–Crippen MR) is 42.6 cm³/mol. The fourth-order valence-corrected chi connectivity index (χ4v) is 0.904. The maximum absolute atomic E-state index is 12.9. The molecule has 0 spiro atoms. The van der Waals surface area contributed by atoms with Crippen molar-refractivity contribution in [2.24, 2.45) is 0 Å². The van der Waals surface area contributed by atoms with Crippen LogP contribution in [0.2, 0.25) is 0 Å². The van der Waals surface area contributed by atoms with Gasteiger partial charge in [0.1, 0.15) is 5.69 Å². The van der Waals surface area contributed by atoms with Gasteiger partial charge in [0.2, 0.25) is 0 Å². The van der Waals surface area contributed by atoms with Gasteiger partial charge >= 0.3 is 0 Å². The summed E-state index contributed by atoms with van der Waals surface area (Å²) in [4.78, 5) is 9.30. The Kier molecular flexibility index (Phi) is 2.41. The van der Waals surface area contributed by atoms with Gasteiger partial charge < -0.3 is 5.32 Å². The fourth-order valence-electron chi connectivity index (χ4n) is 0.904. The molecule has 0 saturated carbocycles. The number of nitro benzene ring substituents is 1. The lowest BCUT2D eigenvalue weighted by atomic mass is 10.2. The number of halogens is 2.